The predicted molar refractivity (Wildman–Crippen MR) is 75.6 cm³/mol. The van der Waals surface area contributed by atoms with Gasteiger partial charge in [0, 0.05) is 11.1 Å². The van der Waals surface area contributed by atoms with Crippen LogP contribution in [0.1, 0.15) is 23.4 Å². The van der Waals surface area contributed by atoms with E-state index in [9.17, 15) is 13.2 Å². The molecule has 0 saturated carbocycles. The van der Waals surface area contributed by atoms with Crippen LogP contribution in [0.3, 0.4) is 0 Å². The second-order valence-electron chi connectivity index (χ2n) is 4.06. The number of anilines is 1. The molecule has 0 aliphatic rings. The third-order valence-corrected chi connectivity index (χ3v) is 4.24. The van der Waals surface area contributed by atoms with E-state index in [-0.39, 0.29) is 16.9 Å². The van der Waals surface area contributed by atoms with Gasteiger partial charge >= 0.3 is 6.18 Å². The molecule has 0 bridgehead atoms. The molecule has 2 aromatic heterocycles. The second kappa shape index (κ2) is 5.79. The minimum absolute atomic E-state index is 0.0747. The fraction of sp³-hybridized carbons (Fsp3) is 0.250. The summed E-state index contributed by atoms with van der Waals surface area (Å²) in [5.41, 5.74) is -0.875. The van der Waals surface area contributed by atoms with E-state index >= 15 is 0 Å². The van der Waals surface area contributed by atoms with Gasteiger partial charge in [-0.1, -0.05) is 23.2 Å². The van der Waals surface area contributed by atoms with Crippen molar-refractivity contribution in [1.82, 2.24) is 4.98 Å². The molecule has 2 aromatic rings. The van der Waals surface area contributed by atoms with Crippen molar-refractivity contribution in [3.63, 3.8) is 0 Å². The normalized spacial score (nSPS) is 13.3. The number of hydrogen-bond donors (Lipinski definition) is 1. The number of nitrogens with one attached hydrogen (secondary N) is 1. The van der Waals surface area contributed by atoms with Crippen molar-refractivity contribution in [3.05, 3.63) is 44.2 Å². The molecule has 0 amide bonds. The molecule has 0 spiro atoms. The second-order valence-corrected chi connectivity index (χ2v) is 6.21. The van der Waals surface area contributed by atoms with Crippen molar-refractivity contribution in [1.29, 1.82) is 0 Å². The SMILES string of the molecule is CC(Nc1ncc(C(F)(F)F)cc1Cl)c1ccc(Cl)s1. The summed E-state index contributed by atoms with van der Waals surface area (Å²) >= 11 is 13.0. The minimum Gasteiger partial charge on any atom is -0.362 e. The third-order valence-electron chi connectivity index (χ3n) is 2.54. The highest BCUT2D eigenvalue weighted by Crippen LogP contribution is 2.34. The van der Waals surface area contributed by atoms with Crippen LogP contribution in [0.15, 0.2) is 24.4 Å². The van der Waals surface area contributed by atoms with E-state index in [4.69, 9.17) is 23.2 Å². The van der Waals surface area contributed by atoms with Gasteiger partial charge in [-0.2, -0.15) is 13.2 Å². The summed E-state index contributed by atoms with van der Waals surface area (Å²) in [6, 6.07) is 4.28. The van der Waals surface area contributed by atoms with E-state index < -0.39 is 11.7 Å². The first-order valence-electron chi connectivity index (χ1n) is 5.52. The lowest BCUT2D eigenvalue weighted by atomic mass is 10.2. The third kappa shape index (κ3) is 3.56. The van der Waals surface area contributed by atoms with Crippen LogP contribution in [0.25, 0.3) is 0 Å². The average Bonchev–Trinajstić information content (AvgIpc) is 2.77. The lowest BCUT2D eigenvalue weighted by molar-refractivity contribution is -0.137. The monoisotopic (exact) mass is 340 g/mol. The van der Waals surface area contributed by atoms with Gasteiger partial charge in [0.15, 0.2) is 0 Å². The Kier molecular flexibility index (Phi) is 4.46. The minimum atomic E-state index is -4.46. The molecule has 0 radical (unpaired) electrons. The highest BCUT2D eigenvalue weighted by atomic mass is 35.5. The number of pyridine rings is 1. The molecule has 8 heteroatoms. The first kappa shape index (κ1) is 15.4. The Morgan fingerprint density at radius 1 is 1.30 bits per heavy atom. The van der Waals surface area contributed by atoms with E-state index in [2.05, 4.69) is 10.3 Å². The van der Waals surface area contributed by atoms with Crippen molar-refractivity contribution in [2.24, 2.45) is 0 Å². The van der Waals surface area contributed by atoms with Gasteiger partial charge in [0.05, 0.1) is 21.0 Å². The number of halogens is 5. The van der Waals surface area contributed by atoms with Crippen LogP contribution in [0, 0.1) is 0 Å². The molecule has 2 nitrogen and oxygen atoms in total. The molecule has 0 aromatic carbocycles. The van der Waals surface area contributed by atoms with Gasteiger partial charge in [-0.25, -0.2) is 4.98 Å². The van der Waals surface area contributed by atoms with Gasteiger partial charge in [-0.15, -0.1) is 11.3 Å². The fourth-order valence-corrected chi connectivity index (χ4v) is 2.82. The summed E-state index contributed by atoms with van der Waals surface area (Å²) < 4.78 is 38.1. The van der Waals surface area contributed by atoms with E-state index in [1.54, 1.807) is 6.07 Å². The zero-order valence-electron chi connectivity index (χ0n) is 10.1. The van der Waals surface area contributed by atoms with Gasteiger partial charge < -0.3 is 5.32 Å². The maximum atomic E-state index is 12.5. The van der Waals surface area contributed by atoms with Gasteiger partial charge in [-0.05, 0) is 25.1 Å². The maximum absolute atomic E-state index is 12.5. The van der Waals surface area contributed by atoms with Crippen LogP contribution >= 0.6 is 34.5 Å². The summed E-state index contributed by atoms with van der Waals surface area (Å²) in [7, 11) is 0. The molecule has 20 heavy (non-hydrogen) atoms. The number of alkyl halides is 3. The summed E-state index contributed by atoms with van der Waals surface area (Å²) in [6.07, 6.45) is -3.70. The van der Waals surface area contributed by atoms with Crippen molar-refractivity contribution in [2.75, 3.05) is 5.32 Å². The van der Waals surface area contributed by atoms with Crippen LogP contribution < -0.4 is 5.32 Å². The number of nitrogens with zero attached hydrogens (tertiary/aromatic N) is 1. The van der Waals surface area contributed by atoms with Crippen LogP contribution in [0.5, 0.6) is 0 Å². The topological polar surface area (TPSA) is 24.9 Å². The summed E-state index contributed by atoms with van der Waals surface area (Å²) in [6.45, 7) is 1.85. The van der Waals surface area contributed by atoms with Crippen molar-refractivity contribution >= 4 is 40.4 Å². The van der Waals surface area contributed by atoms with Crippen LogP contribution in [-0.4, -0.2) is 4.98 Å². The van der Waals surface area contributed by atoms with Crippen LogP contribution in [0.2, 0.25) is 9.36 Å². The van der Waals surface area contributed by atoms with Crippen molar-refractivity contribution < 1.29 is 13.2 Å². The maximum Gasteiger partial charge on any atom is 0.417 e. The largest absolute Gasteiger partial charge is 0.417 e. The molecule has 2 rings (SSSR count). The Morgan fingerprint density at radius 2 is 2.00 bits per heavy atom. The van der Waals surface area contributed by atoms with Crippen LogP contribution in [-0.2, 0) is 6.18 Å². The lowest BCUT2D eigenvalue weighted by Gasteiger charge is -2.15. The Morgan fingerprint density at radius 3 is 2.50 bits per heavy atom. The van der Waals surface area contributed by atoms with E-state index in [1.807, 2.05) is 13.0 Å². The molecule has 1 unspecified atom stereocenters. The van der Waals surface area contributed by atoms with E-state index in [0.717, 1.165) is 17.1 Å². The first-order chi connectivity index (χ1) is 9.27. The molecule has 108 valence electrons. The Labute approximate surface area is 127 Å². The molecular formula is C12H9Cl2F3N2S. The number of thiophene rings is 1. The molecule has 1 N–H and O–H groups in total. The lowest BCUT2D eigenvalue weighted by Crippen LogP contribution is -2.10. The standard InChI is InChI=1S/C12H9Cl2F3N2S/c1-6(9-2-3-10(14)20-9)19-11-8(13)4-7(5-18-11)12(15,16)17/h2-6H,1H3,(H,18,19). The number of rotatable bonds is 3. The highest BCUT2D eigenvalue weighted by molar-refractivity contribution is 7.16. The molecule has 0 saturated heterocycles. The van der Waals surface area contributed by atoms with Gasteiger partial charge in [0.25, 0.3) is 0 Å². The smallest absolute Gasteiger partial charge is 0.362 e. The van der Waals surface area contributed by atoms with Crippen LogP contribution in [0.4, 0.5) is 19.0 Å². The molecule has 0 fully saturated rings. The summed E-state index contributed by atoms with van der Waals surface area (Å²) in [5.74, 6) is 0.205. The number of hydrogen-bond acceptors (Lipinski definition) is 3. The Hall–Kier alpha value is -0.980. The average molecular weight is 341 g/mol. The van der Waals surface area contributed by atoms with Gasteiger partial charge in [0.2, 0.25) is 0 Å². The van der Waals surface area contributed by atoms with E-state index in [0.29, 0.717) is 4.34 Å². The fourth-order valence-electron chi connectivity index (χ4n) is 1.54. The zero-order chi connectivity index (χ0) is 14.9. The summed E-state index contributed by atoms with van der Waals surface area (Å²) in [5, 5.41) is 2.89. The number of aromatic nitrogens is 1. The molecule has 1 atom stereocenters. The predicted octanol–water partition coefficient (Wildman–Crippen LogP) is 5.64. The Balaban J connectivity index is 2.18. The van der Waals surface area contributed by atoms with Gasteiger partial charge in [-0.3, -0.25) is 0 Å². The molecule has 2 heterocycles. The molecule has 0 aliphatic carbocycles. The van der Waals surface area contributed by atoms with Gasteiger partial charge in [0.1, 0.15) is 5.82 Å². The van der Waals surface area contributed by atoms with Crippen molar-refractivity contribution in [2.45, 2.75) is 19.1 Å². The Bertz CT molecular complexity index is 613. The quantitative estimate of drug-likeness (QED) is 0.781. The van der Waals surface area contributed by atoms with Crippen molar-refractivity contribution in [3.8, 4) is 0 Å². The summed E-state index contributed by atoms with van der Waals surface area (Å²) in [4.78, 5) is 4.66. The first-order valence-corrected chi connectivity index (χ1v) is 7.09. The zero-order valence-corrected chi connectivity index (χ0v) is 12.5. The molecular weight excluding hydrogens is 332 g/mol. The highest BCUT2D eigenvalue weighted by Gasteiger charge is 2.31. The molecule has 0 aliphatic heterocycles. The van der Waals surface area contributed by atoms with E-state index in [1.165, 1.54) is 11.3 Å².